The van der Waals surface area contributed by atoms with Crippen LogP contribution in [0.2, 0.25) is 0 Å². The molecule has 15 heavy (non-hydrogen) atoms. The maximum absolute atomic E-state index is 11.2. The second-order valence-electron chi connectivity index (χ2n) is 4.06. The first-order valence-electron chi connectivity index (χ1n) is 5.30. The Labute approximate surface area is 89.9 Å². The van der Waals surface area contributed by atoms with E-state index in [1.165, 1.54) is 11.1 Å². The molecule has 2 amide bonds. The Kier molecular flexibility index (Phi) is 2.62. The van der Waals surface area contributed by atoms with Crippen LogP contribution in [0.4, 0.5) is 4.79 Å². The Hall–Kier alpha value is -1.51. The topological polar surface area (TPSA) is 46.3 Å². The van der Waals surface area contributed by atoms with Crippen molar-refractivity contribution >= 4 is 6.03 Å². The first kappa shape index (κ1) is 10.0. The summed E-state index contributed by atoms with van der Waals surface area (Å²) in [5, 5.41) is 0. The zero-order valence-corrected chi connectivity index (χ0v) is 8.94. The van der Waals surface area contributed by atoms with Gasteiger partial charge in [0, 0.05) is 7.05 Å². The molecule has 1 aromatic rings. The van der Waals surface area contributed by atoms with Gasteiger partial charge in [-0.3, -0.25) is 0 Å². The third-order valence-electron chi connectivity index (χ3n) is 3.15. The molecular formula is C12H16N2O. The van der Waals surface area contributed by atoms with Crippen LogP contribution in [0.25, 0.3) is 0 Å². The lowest BCUT2D eigenvalue weighted by Crippen LogP contribution is -2.37. The van der Waals surface area contributed by atoms with Crippen LogP contribution in [0.15, 0.2) is 24.3 Å². The molecule has 1 atom stereocenters. The smallest absolute Gasteiger partial charge is 0.315 e. The molecule has 80 valence electrons. The quantitative estimate of drug-likeness (QED) is 0.748. The van der Waals surface area contributed by atoms with Gasteiger partial charge < -0.3 is 10.6 Å². The third kappa shape index (κ3) is 1.82. The number of fused-ring (bicyclic) bond motifs is 1. The minimum absolute atomic E-state index is 0.160. The molecule has 2 rings (SSSR count). The lowest BCUT2D eigenvalue weighted by Gasteiger charge is -2.32. The molecule has 0 aliphatic heterocycles. The first-order chi connectivity index (χ1) is 7.20. The average molecular weight is 204 g/mol. The summed E-state index contributed by atoms with van der Waals surface area (Å²) in [6.07, 6.45) is 3.25. The van der Waals surface area contributed by atoms with E-state index in [0.29, 0.717) is 0 Å². The first-order valence-corrected chi connectivity index (χ1v) is 5.30. The van der Waals surface area contributed by atoms with Crippen molar-refractivity contribution in [2.45, 2.75) is 25.3 Å². The third-order valence-corrected chi connectivity index (χ3v) is 3.15. The van der Waals surface area contributed by atoms with Crippen LogP contribution in [0.5, 0.6) is 0 Å². The van der Waals surface area contributed by atoms with Gasteiger partial charge in [-0.05, 0) is 30.4 Å². The van der Waals surface area contributed by atoms with Gasteiger partial charge in [-0.2, -0.15) is 0 Å². The number of carbonyl (C=O) groups is 1. The number of aryl methyl sites for hydroxylation is 1. The molecule has 0 radical (unpaired) electrons. The summed E-state index contributed by atoms with van der Waals surface area (Å²) in [7, 11) is 1.77. The second-order valence-corrected chi connectivity index (χ2v) is 4.06. The Morgan fingerprint density at radius 2 is 2.20 bits per heavy atom. The van der Waals surface area contributed by atoms with Crippen LogP contribution < -0.4 is 5.73 Å². The molecule has 0 saturated heterocycles. The SMILES string of the molecule is CN(C(N)=O)C1CCCc2ccccc21. The van der Waals surface area contributed by atoms with Gasteiger partial charge in [0.1, 0.15) is 0 Å². The summed E-state index contributed by atoms with van der Waals surface area (Å²) in [4.78, 5) is 12.8. The summed E-state index contributed by atoms with van der Waals surface area (Å²) in [6, 6.07) is 8.11. The fraction of sp³-hybridized carbons (Fsp3) is 0.417. The van der Waals surface area contributed by atoms with Crippen molar-refractivity contribution in [3.05, 3.63) is 35.4 Å². The largest absolute Gasteiger partial charge is 0.351 e. The highest BCUT2D eigenvalue weighted by Crippen LogP contribution is 2.32. The molecule has 3 nitrogen and oxygen atoms in total. The fourth-order valence-electron chi connectivity index (χ4n) is 2.28. The van der Waals surface area contributed by atoms with Gasteiger partial charge in [0.05, 0.1) is 6.04 Å². The predicted molar refractivity (Wildman–Crippen MR) is 59.5 cm³/mol. The van der Waals surface area contributed by atoms with Crippen molar-refractivity contribution in [2.24, 2.45) is 5.73 Å². The van der Waals surface area contributed by atoms with Crippen LogP contribution in [0, 0.1) is 0 Å². The van der Waals surface area contributed by atoms with Gasteiger partial charge in [-0.15, -0.1) is 0 Å². The van der Waals surface area contributed by atoms with Crippen molar-refractivity contribution in [1.82, 2.24) is 4.90 Å². The molecular weight excluding hydrogens is 188 g/mol. The molecule has 0 aromatic heterocycles. The van der Waals surface area contributed by atoms with Crippen molar-refractivity contribution < 1.29 is 4.79 Å². The van der Waals surface area contributed by atoms with Crippen LogP contribution in [-0.2, 0) is 6.42 Å². The number of nitrogens with zero attached hydrogens (tertiary/aromatic N) is 1. The van der Waals surface area contributed by atoms with Crippen LogP contribution in [0.1, 0.15) is 30.0 Å². The zero-order chi connectivity index (χ0) is 10.8. The highest BCUT2D eigenvalue weighted by atomic mass is 16.2. The number of rotatable bonds is 1. The molecule has 0 bridgehead atoms. The van der Waals surface area contributed by atoms with Crippen molar-refractivity contribution in [1.29, 1.82) is 0 Å². The zero-order valence-electron chi connectivity index (χ0n) is 8.94. The van der Waals surface area contributed by atoms with E-state index in [1.54, 1.807) is 11.9 Å². The van der Waals surface area contributed by atoms with E-state index in [9.17, 15) is 4.79 Å². The van der Waals surface area contributed by atoms with Gasteiger partial charge in [-0.25, -0.2) is 4.79 Å². The Morgan fingerprint density at radius 1 is 1.47 bits per heavy atom. The maximum atomic E-state index is 11.2. The number of primary amides is 1. The molecule has 2 N–H and O–H groups in total. The minimum atomic E-state index is -0.350. The number of nitrogens with two attached hydrogens (primary N) is 1. The molecule has 0 spiro atoms. The number of benzene rings is 1. The summed E-state index contributed by atoms with van der Waals surface area (Å²) in [6.45, 7) is 0. The van der Waals surface area contributed by atoms with E-state index in [1.807, 2.05) is 12.1 Å². The summed E-state index contributed by atoms with van der Waals surface area (Å²) < 4.78 is 0. The van der Waals surface area contributed by atoms with Crippen LogP contribution in [-0.4, -0.2) is 18.0 Å². The van der Waals surface area contributed by atoms with Gasteiger partial charge in [0.15, 0.2) is 0 Å². The second kappa shape index (κ2) is 3.93. The standard InChI is InChI=1S/C12H16N2O/c1-14(12(13)15)11-8-4-6-9-5-2-3-7-10(9)11/h2-3,5,7,11H,4,6,8H2,1H3,(H2,13,15). The number of urea groups is 1. The summed E-state index contributed by atoms with van der Waals surface area (Å²) in [5.74, 6) is 0. The number of hydrogen-bond acceptors (Lipinski definition) is 1. The van der Waals surface area contributed by atoms with Crippen molar-refractivity contribution in [3.63, 3.8) is 0 Å². The normalized spacial score (nSPS) is 19.4. The summed E-state index contributed by atoms with van der Waals surface area (Å²) in [5.41, 5.74) is 7.91. The highest BCUT2D eigenvalue weighted by molar-refractivity contribution is 5.72. The predicted octanol–water partition coefficient (Wildman–Crippen LogP) is 2.07. The van der Waals surface area contributed by atoms with Crippen LogP contribution >= 0.6 is 0 Å². The lowest BCUT2D eigenvalue weighted by molar-refractivity contribution is 0.193. The van der Waals surface area contributed by atoms with Crippen LogP contribution in [0.3, 0.4) is 0 Å². The highest BCUT2D eigenvalue weighted by Gasteiger charge is 2.24. The lowest BCUT2D eigenvalue weighted by atomic mass is 9.87. The van der Waals surface area contributed by atoms with Gasteiger partial charge in [0.2, 0.25) is 0 Å². The van der Waals surface area contributed by atoms with Gasteiger partial charge in [-0.1, -0.05) is 24.3 Å². The number of carbonyl (C=O) groups excluding carboxylic acids is 1. The van der Waals surface area contributed by atoms with E-state index in [2.05, 4.69) is 12.1 Å². The monoisotopic (exact) mass is 204 g/mol. The summed E-state index contributed by atoms with van der Waals surface area (Å²) >= 11 is 0. The van der Waals surface area contributed by atoms with E-state index in [-0.39, 0.29) is 12.1 Å². The molecule has 1 aliphatic rings. The van der Waals surface area contributed by atoms with Crippen molar-refractivity contribution in [2.75, 3.05) is 7.05 Å². The van der Waals surface area contributed by atoms with Crippen molar-refractivity contribution in [3.8, 4) is 0 Å². The fourth-order valence-corrected chi connectivity index (χ4v) is 2.28. The minimum Gasteiger partial charge on any atom is -0.351 e. The molecule has 1 aliphatic carbocycles. The number of amides is 2. The Morgan fingerprint density at radius 3 is 2.93 bits per heavy atom. The maximum Gasteiger partial charge on any atom is 0.315 e. The van der Waals surface area contributed by atoms with Gasteiger partial charge in [0.25, 0.3) is 0 Å². The molecule has 0 fully saturated rings. The molecule has 0 heterocycles. The average Bonchev–Trinajstić information content (AvgIpc) is 2.27. The Balaban J connectivity index is 2.33. The van der Waals surface area contributed by atoms with Gasteiger partial charge >= 0.3 is 6.03 Å². The van der Waals surface area contributed by atoms with E-state index < -0.39 is 0 Å². The molecule has 0 saturated carbocycles. The molecule has 3 heteroatoms. The Bertz CT molecular complexity index is 376. The van der Waals surface area contributed by atoms with E-state index in [4.69, 9.17) is 5.73 Å². The number of hydrogen-bond donors (Lipinski definition) is 1. The van der Waals surface area contributed by atoms with E-state index >= 15 is 0 Å². The molecule has 1 unspecified atom stereocenters. The molecule has 1 aromatic carbocycles. The van der Waals surface area contributed by atoms with E-state index in [0.717, 1.165) is 19.3 Å².